The van der Waals surface area contributed by atoms with Crippen molar-refractivity contribution in [3.05, 3.63) is 89.5 Å². The number of rotatable bonds is 4. The van der Waals surface area contributed by atoms with Gasteiger partial charge in [-0.05, 0) is 61.4 Å². The SMILES string of the molecule is CC12C(=O)N(c3ccc(C(=O)NCc4ccco4)cc3)C(=O)N1CCc1c2[nH]c2ccccc12. The highest BCUT2D eigenvalue weighted by Gasteiger charge is 2.58. The molecule has 2 N–H and O–H groups in total. The smallest absolute Gasteiger partial charge is 0.332 e. The first-order valence-electron chi connectivity index (χ1n) is 11.2. The quantitative estimate of drug-likeness (QED) is 0.457. The number of imide groups is 1. The predicted molar refractivity (Wildman–Crippen MR) is 125 cm³/mol. The Bertz CT molecular complexity index is 1440. The van der Waals surface area contributed by atoms with Crippen LogP contribution in [0.25, 0.3) is 10.9 Å². The van der Waals surface area contributed by atoms with Gasteiger partial charge in [0, 0.05) is 23.0 Å². The molecule has 0 saturated carbocycles. The van der Waals surface area contributed by atoms with E-state index in [1.807, 2.05) is 24.3 Å². The average molecular weight is 454 g/mol. The highest BCUT2D eigenvalue weighted by molar-refractivity contribution is 6.23. The topological polar surface area (TPSA) is 98.7 Å². The minimum atomic E-state index is -1.11. The van der Waals surface area contributed by atoms with Crippen LogP contribution in [-0.2, 0) is 23.3 Å². The summed E-state index contributed by atoms with van der Waals surface area (Å²) in [4.78, 5) is 45.8. The molecule has 8 nitrogen and oxygen atoms in total. The normalized spacial score (nSPS) is 19.4. The molecule has 1 saturated heterocycles. The summed E-state index contributed by atoms with van der Waals surface area (Å²) in [5.74, 6) is 0.0774. The number of benzene rings is 2. The fourth-order valence-corrected chi connectivity index (χ4v) is 5.06. The van der Waals surface area contributed by atoms with Gasteiger partial charge < -0.3 is 19.6 Å². The number of carbonyl (C=O) groups is 3. The molecule has 1 atom stereocenters. The first kappa shape index (κ1) is 20.3. The number of amides is 4. The van der Waals surface area contributed by atoms with Crippen molar-refractivity contribution in [3.63, 3.8) is 0 Å². The summed E-state index contributed by atoms with van der Waals surface area (Å²) in [5, 5.41) is 3.87. The zero-order valence-electron chi connectivity index (χ0n) is 18.5. The number of H-pyrrole nitrogens is 1. The fourth-order valence-electron chi connectivity index (χ4n) is 5.06. The zero-order chi connectivity index (χ0) is 23.4. The summed E-state index contributed by atoms with van der Waals surface area (Å²) >= 11 is 0. The Morgan fingerprint density at radius 2 is 1.88 bits per heavy atom. The predicted octanol–water partition coefficient (Wildman–Crippen LogP) is 3.93. The van der Waals surface area contributed by atoms with Gasteiger partial charge in [-0.2, -0.15) is 0 Å². The van der Waals surface area contributed by atoms with E-state index in [0.29, 0.717) is 30.0 Å². The number of urea groups is 1. The molecule has 8 heteroatoms. The van der Waals surface area contributed by atoms with E-state index >= 15 is 0 Å². The molecule has 0 bridgehead atoms. The number of fused-ring (bicyclic) bond motifs is 5. The Morgan fingerprint density at radius 3 is 2.65 bits per heavy atom. The summed E-state index contributed by atoms with van der Waals surface area (Å²) in [5.41, 5.74) is 2.57. The van der Waals surface area contributed by atoms with Gasteiger partial charge in [0.25, 0.3) is 11.8 Å². The van der Waals surface area contributed by atoms with Gasteiger partial charge in [0.15, 0.2) is 5.54 Å². The van der Waals surface area contributed by atoms with Crippen LogP contribution in [0.3, 0.4) is 0 Å². The van der Waals surface area contributed by atoms with Gasteiger partial charge >= 0.3 is 6.03 Å². The monoisotopic (exact) mass is 454 g/mol. The van der Waals surface area contributed by atoms with Crippen molar-refractivity contribution in [2.45, 2.75) is 25.4 Å². The summed E-state index contributed by atoms with van der Waals surface area (Å²) in [6.07, 6.45) is 2.23. The lowest BCUT2D eigenvalue weighted by Gasteiger charge is -2.35. The summed E-state index contributed by atoms with van der Waals surface area (Å²) in [6, 6.07) is 17.6. The van der Waals surface area contributed by atoms with Crippen LogP contribution in [0, 0.1) is 0 Å². The van der Waals surface area contributed by atoms with Crippen molar-refractivity contribution in [2.75, 3.05) is 11.4 Å². The maximum Gasteiger partial charge on any atom is 0.332 e. The van der Waals surface area contributed by atoms with Crippen LogP contribution in [0.5, 0.6) is 0 Å². The molecule has 4 heterocycles. The number of nitrogens with zero attached hydrogens (tertiary/aromatic N) is 2. The van der Waals surface area contributed by atoms with Crippen molar-refractivity contribution >= 4 is 34.4 Å². The van der Waals surface area contributed by atoms with Gasteiger partial charge in [-0.3, -0.25) is 9.59 Å². The molecule has 2 aliphatic heterocycles. The van der Waals surface area contributed by atoms with E-state index in [0.717, 1.165) is 22.2 Å². The molecule has 2 aromatic carbocycles. The zero-order valence-corrected chi connectivity index (χ0v) is 18.5. The lowest BCUT2D eigenvalue weighted by atomic mass is 9.87. The third-order valence-corrected chi connectivity index (χ3v) is 6.86. The molecule has 2 aliphatic rings. The van der Waals surface area contributed by atoms with Crippen LogP contribution in [0.2, 0.25) is 0 Å². The lowest BCUT2D eigenvalue weighted by Crippen LogP contribution is -2.49. The van der Waals surface area contributed by atoms with Crippen molar-refractivity contribution < 1.29 is 18.8 Å². The number of aromatic nitrogens is 1. The van der Waals surface area contributed by atoms with Crippen molar-refractivity contribution in [1.82, 2.24) is 15.2 Å². The first-order valence-corrected chi connectivity index (χ1v) is 11.2. The molecular formula is C26H22N4O4. The van der Waals surface area contributed by atoms with E-state index in [1.165, 1.54) is 4.90 Å². The van der Waals surface area contributed by atoms with Crippen molar-refractivity contribution in [3.8, 4) is 0 Å². The largest absolute Gasteiger partial charge is 0.467 e. The number of carbonyl (C=O) groups excluding carboxylic acids is 3. The molecule has 0 aliphatic carbocycles. The molecular weight excluding hydrogens is 432 g/mol. The number of aromatic amines is 1. The minimum absolute atomic E-state index is 0.269. The number of nitrogens with one attached hydrogen (secondary N) is 2. The Kier molecular flexibility index (Phi) is 4.38. The molecule has 34 heavy (non-hydrogen) atoms. The Labute approximate surface area is 195 Å². The molecule has 170 valence electrons. The molecule has 4 aromatic rings. The number of hydrogen-bond acceptors (Lipinski definition) is 4. The van der Waals surface area contributed by atoms with Crippen LogP contribution in [-0.4, -0.2) is 34.3 Å². The summed E-state index contributed by atoms with van der Waals surface area (Å²) in [7, 11) is 0. The van der Waals surface area contributed by atoms with Gasteiger partial charge in [-0.1, -0.05) is 18.2 Å². The Hall–Kier alpha value is -4.33. The average Bonchev–Trinajstić information content (AvgIpc) is 3.55. The number of furan rings is 1. The highest BCUT2D eigenvalue weighted by Crippen LogP contribution is 2.45. The van der Waals surface area contributed by atoms with Gasteiger partial charge in [0.1, 0.15) is 5.76 Å². The molecule has 2 aromatic heterocycles. The van der Waals surface area contributed by atoms with E-state index in [4.69, 9.17) is 4.42 Å². The number of anilines is 1. The van der Waals surface area contributed by atoms with Crippen LogP contribution >= 0.6 is 0 Å². The van der Waals surface area contributed by atoms with Gasteiger partial charge in [-0.15, -0.1) is 0 Å². The van der Waals surface area contributed by atoms with Crippen LogP contribution < -0.4 is 10.2 Å². The standard InChI is InChI=1S/C26H22N4O4/c1-26-22-20(19-6-2-3-7-21(19)28-22)12-13-29(26)25(33)30(24(26)32)17-10-8-16(9-11-17)23(31)27-15-18-5-4-14-34-18/h2-11,14,28H,12-13,15H2,1H3,(H,27,31). The Balaban J connectivity index is 1.29. The molecule has 0 radical (unpaired) electrons. The molecule has 4 amide bonds. The maximum atomic E-state index is 13.7. The molecule has 0 spiro atoms. The van der Waals surface area contributed by atoms with E-state index < -0.39 is 5.54 Å². The van der Waals surface area contributed by atoms with Crippen LogP contribution in [0.15, 0.2) is 71.3 Å². The highest BCUT2D eigenvalue weighted by atomic mass is 16.3. The Morgan fingerprint density at radius 1 is 1.09 bits per heavy atom. The first-order chi connectivity index (χ1) is 16.5. The molecule has 1 unspecified atom stereocenters. The molecule has 1 fully saturated rings. The minimum Gasteiger partial charge on any atom is -0.467 e. The van der Waals surface area contributed by atoms with E-state index in [1.54, 1.807) is 54.5 Å². The van der Waals surface area contributed by atoms with Crippen LogP contribution in [0.4, 0.5) is 10.5 Å². The second-order valence-electron chi connectivity index (χ2n) is 8.73. The van der Waals surface area contributed by atoms with E-state index in [9.17, 15) is 14.4 Å². The van der Waals surface area contributed by atoms with Crippen molar-refractivity contribution in [2.24, 2.45) is 0 Å². The maximum absolute atomic E-state index is 13.7. The molecule has 6 rings (SSSR count). The third-order valence-electron chi connectivity index (χ3n) is 6.86. The van der Waals surface area contributed by atoms with E-state index in [-0.39, 0.29) is 24.4 Å². The van der Waals surface area contributed by atoms with E-state index in [2.05, 4.69) is 10.3 Å². The van der Waals surface area contributed by atoms with Gasteiger partial charge in [0.2, 0.25) is 0 Å². The van der Waals surface area contributed by atoms with Gasteiger partial charge in [-0.25, -0.2) is 9.69 Å². The summed E-state index contributed by atoms with van der Waals surface area (Å²) < 4.78 is 5.23. The number of hydrogen-bond donors (Lipinski definition) is 2. The summed E-state index contributed by atoms with van der Waals surface area (Å²) in [6.45, 7) is 2.54. The van der Waals surface area contributed by atoms with Gasteiger partial charge in [0.05, 0.1) is 24.2 Å². The van der Waals surface area contributed by atoms with Crippen LogP contribution in [0.1, 0.15) is 34.3 Å². The second kappa shape index (κ2) is 7.34. The number of para-hydroxylation sites is 1. The fraction of sp³-hybridized carbons (Fsp3) is 0.192. The second-order valence-corrected chi connectivity index (χ2v) is 8.73. The van der Waals surface area contributed by atoms with Crippen molar-refractivity contribution in [1.29, 1.82) is 0 Å². The third kappa shape index (κ3) is 2.81. The lowest BCUT2D eigenvalue weighted by molar-refractivity contribution is -0.125.